The van der Waals surface area contributed by atoms with Gasteiger partial charge in [0, 0.05) is 30.7 Å². The van der Waals surface area contributed by atoms with Gasteiger partial charge >= 0.3 is 0 Å². The smallest absolute Gasteiger partial charge is 0.225 e. The van der Waals surface area contributed by atoms with Crippen molar-refractivity contribution < 1.29 is 4.79 Å². The molecular weight excluding hydrogens is 298 g/mol. The molecule has 1 aliphatic heterocycles. The molecule has 1 atom stereocenters. The lowest BCUT2D eigenvalue weighted by Crippen LogP contribution is -2.37. The molecule has 7 heteroatoms. The highest BCUT2D eigenvalue weighted by Gasteiger charge is 2.25. The van der Waals surface area contributed by atoms with E-state index >= 15 is 0 Å². The maximum Gasteiger partial charge on any atom is 0.225 e. The summed E-state index contributed by atoms with van der Waals surface area (Å²) in [5.74, 6) is 1.55. The number of rotatable bonds is 5. The van der Waals surface area contributed by atoms with E-state index in [0.717, 1.165) is 35.8 Å². The number of amides is 1. The van der Waals surface area contributed by atoms with Gasteiger partial charge in [0.05, 0.1) is 23.2 Å². The molecule has 1 aliphatic rings. The van der Waals surface area contributed by atoms with Crippen molar-refractivity contribution >= 4 is 17.2 Å². The average molecular weight is 319 g/mol. The van der Waals surface area contributed by atoms with Crippen molar-refractivity contribution in [3.63, 3.8) is 0 Å². The molecule has 0 saturated heterocycles. The highest BCUT2D eigenvalue weighted by atomic mass is 32.1. The Balaban J connectivity index is 1.46. The van der Waals surface area contributed by atoms with Crippen molar-refractivity contribution in [2.75, 3.05) is 6.54 Å². The van der Waals surface area contributed by atoms with Crippen LogP contribution in [-0.2, 0) is 24.2 Å². The Morgan fingerprint density at radius 2 is 2.41 bits per heavy atom. The van der Waals surface area contributed by atoms with Gasteiger partial charge in [0.15, 0.2) is 0 Å². The fourth-order valence-electron chi connectivity index (χ4n) is 2.61. The number of hydrogen-bond acceptors (Lipinski definition) is 5. The Bertz CT molecular complexity index is 648. The number of thiazole rings is 1. The summed E-state index contributed by atoms with van der Waals surface area (Å²) in [4.78, 5) is 21.0. The normalized spacial score (nSPS) is 17.5. The number of aryl methyl sites for hydroxylation is 1. The molecule has 3 heterocycles. The topological polar surface area (TPSA) is 72.7 Å². The van der Waals surface area contributed by atoms with Crippen LogP contribution < -0.4 is 5.32 Å². The van der Waals surface area contributed by atoms with E-state index in [2.05, 4.69) is 39.6 Å². The fraction of sp³-hybridized carbons (Fsp3) is 0.600. The first-order valence-electron chi connectivity index (χ1n) is 7.72. The van der Waals surface area contributed by atoms with E-state index in [9.17, 15) is 4.79 Å². The molecule has 1 amide bonds. The summed E-state index contributed by atoms with van der Waals surface area (Å²) in [7, 11) is 0. The molecule has 0 fully saturated rings. The number of nitrogens with zero attached hydrogens (tertiary/aromatic N) is 4. The SMILES string of the molecule is CC(C)c1nc(CCNC(=O)C2CCc3ncnn3C2)cs1. The molecule has 6 nitrogen and oxygen atoms in total. The van der Waals surface area contributed by atoms with Crippen LogP contribution in [-0.4, -0.2) is 32.2 Å². The summed E-state index contributed by atoms with van der Waals surface area (Å²) in [6.45, 7) is 5.56. The zero-order valence-corrected chi connectivity index (χ0v) is 13.8. The Hall–Kier alpha value is -1.76. The molecule has 0 aromatic carbocycles. The van der Waals surface area contributed by atoms with E-state index in [4.69, 9.17) is 0 Å². The largest absolute Gasteiger partial charge is 0.355 e. The lowest BCUT2D eigenvalue weighted by Gasteiger charge is -2.21. The van der Waals surface area contributed by atoms with Gasteiger partial charge in [-0.05, 0) is 6.42 Å². The summed E-state index contributed by atoms with van der Waals surface area (Å²) < 4.78 is 1.84. The van der Waals surface area contributed by atoms with Gasteiger partial charge < -0.3 is 5.32 Å². The van der Waals surface area contributed by atoms with Crippen molar-refractivity contribution in [3.05, 3.63) is 28.2 Å². The number of carbonyl (C=O) groups is 1. The third kappa shape index (κ3) is 3.35. The van der Waals surface area contributed by atoms with Crippen LogP contribution in [0, 0.1) is 5.92 Å². The van der Waals surface area contributed by atoms with E-state index in [-0.39, 0.29) is 11.8 Å². The minimum Gasteiger partial charge on any atom is -0.355 e. The molecule has 2 aromatic heterocycles. The van der Waals surface area contributed by atoms with Crippen LogP contribution in [0.15, 0.2) is 11.7 Å². The number of fused-ring (bicyclic) bond motifs is 1. The molecule has 0 saturated carbocycles. The lowest BCUT2D eigenvalue weighted by atomic mass is 9.99. The van der Waals surface area contributed by atoms with Gasteiger partial charge in [-0.1, -0.05) is 13.8 Å². The van der Waals surface area contributed by atoms with Crippen LogP contribution in [0.3, 0.4) is 0 Å². The molecule has 0 bridgehead atoms. The fourth-order valence-corrected chi connectivity index (χ4v) is 3.48. The molecule has 118 valence electrons. The molecule has 1 unspecified atom stereocenters. The third-order valence-corrected chi connectivity index (χ3v) is 5.11. The lowest BCUT2D eigenvalue weighted by molar-refractivity contribution is -0.126. The van der Waals surface area contributed by atoms with Gasteiger partial charge in [-0.25, -0.2) is 14.6 Å². The summed E-state index contributed by atoms with van der Waals surface area (Å²) in [6, 6.07) is 0. The maximum absolute atomic E-state index is 12.2. The third-order valence-electron chi connectivity index (χ3n) is 3.92. The predicted octanol–water partition coefficient (Wildman–Crippen LogP) is 1.78. The highest BCUT2D eigenvalue weighted by molar-refractivity contribution is 7.09. The van der Waals surface area contributed by atoms with Gasteiger partial charge in [-0.2, -0.15) is 5.10 Å². The minimum atomic E-state index is -0.00383. The molecular formula is C15H21N5OS. The zero-order valence-electron chi connectivity index (χ0n) is 13.0. The van der Waals surface area contributed by atoms with Crippen LogP contribution in [0.5, 0.6) is 0 Å². The molecule has 3 rings (SSSR count). The highest BCUT2D eigenvalue weighted by Crippen LogP contribution is 2.20. The summed E-state index contributed by atoms with van der Waals surface area (Å²) >= 11 is 1.70. The van der Waals surface area contributed by atoms with Gasteiger partial charge in [0.1, 0.15) is 12.2 Å². The molecule has 0 radical (unpaired) electrons. The Morgan fingerprint density at radius 1 is 1.55 bits per heavy atom. The van der Waals surface area contributed by atoms with Crippen molar-refractivity contribution in [2.24, 2.45) is 5.92 Å². The molecule has 0 spiro atoms. The molecule has 1 N–H and O–H groups in total. The van der Waals surface area contributed by atoms with Crippen LogP contribution in [0.4, 0.5) is 0 Å². The number of nitrogens with one attached hydrogen (secondary N) is 1. The van der Waals surface area contributed by atoms with E-state index in [1.807, 2.05) is 4.68 Å². The van der Waals surface area contributed by atoms with Crippen molar-refractivity contribution in [3.8, 4) is 0 Å². The van der Waals surface area contributed by atoms with Gasteiger partial charge in [0.25, 0.3) is 0 Å². The summed E-state index contributed by atoms with van der Waals surface area (Å²) in [5, 5.41) is 10.4. The van der Waals surface area contributed by atoms with Gasteiger partial charge in [-0.15, -0.1) is 11.3 Å². The number of carbonyl (C=O) groups excluding carboxylic acids is 1. The van der Waals surface area contributed by atoms with Crippen molar-refractivity contribution in [1.29, 1.82) is 0 Å². The Kier molecular flexibility index (Phi) is 4.52. The minimum absolute atomic E-state index is 0.00383. The van der Waals surface area contributed by atoms with Crippen LogP contribution in [0.1, 0.15) is 42.7 Å². The van der Waals surface area contributed by atoms with Crippen molar-refractivity contribution in [1.82, 2.24) is 25.1 Å². The molecule has 2 aromatic rings. The second-order valence-corrected chi connectivity index (χ2v) is 6.86. The predicted molar refractivity (Wildman–Crippen MR) is 84.7 cm³/mol. The zero-order chi connectivity index (χ0) is 15.5. The van der Waals surface area contributed by atoms with Crippen LogP contribution in [0.25, 0.3) is 0 Å². The maximum atomic E-state index is 12.2. The summed E-state index contributed by atoms with van der Waals surface area (Å²) in [6.07, 6.45) is 4.01. The first-order valence-corrected chi connectivity index (χ1v) is 8.60. The van der Waals surface area contributed by atoms with Crippen LogP contribution >= 0.6 is 11.3 Å². The van der Waals surface area contributed by atoms with Crippen molar-refractivity contribution in [2.45, 2.75) is 45.6 Å². The van der Waals surface area contributed by atoms with E-state index in [1.54, 1.807) is 17.7 Å². The first-order chi connectivity index (χ1) is 10.6. The second kappa shape index (κ2) is 6.56. The second-order valence-electron chi connectivity index (χ2n) is 5.97. The standard InChI is InChI=1S/C15H21N5OS/c1-10(2)15-19-12(8-22-15)5-6-16-14(21)11-3-4-13-17-9-18-20(13)7-11/h8-11H,3-7H2,1-2H3,(H,16,21). The summed E-state index contributed by atoms with van der Waals surface area (Å²) in [5.41, 5.74) is 1.07. The number of hydrogen-bond donors (Lipinski definition) is 1. The van der Waals surface area contributed by atoms with Crippen LogP contribution in [0.2, 0.25) is 0 Å². The monoisotopic (exact) mass is 319 g/mol. The number of aromatic nitrogens is 4. The van der Waals surface area contributed by atoms with E-state index in [0.29, 0.717) is 19.0 Å². The van der Waals surface area contributed by atoms with Gasteiger partial charge in [-0.3, -0.25) is 4.79 Å². The first kappa shape index (κ1) is 15.1. The molecule has 0 aliphatic carbocycles. The quantitative estimate of drug-likeness (QED) is 0.912. The van der Waals surface area contributed by atoms with E-state index < -0.39 is 0 Å². The van der Waals surface area contributed by atoms with E-state index in [1.165, 1.54) is 0 Å². The Labute approximate surface area is 134 Å². The van der Waals surface area contributed by atoms with Gasteiger partial charge in [0.2, 0.25) is 5.91 Å². The average Bonchev–Trinajstić information content (AvgIpc) is 3.15. The molecule has 22 heavy (non-hydrogen) atoms. The Morgan fingerprint density at radius 3 is 3.18 bits per heavy atom.